The van der Waals surface area contributed by atoms with Gasteiger partial charge >= 0.3 is 0 Å². The Balaban J connectivity index is 1.63. The van der Waals surface area contributed by atoms with Gasteiger partial charge in [0.2, 0.25) is 11.8 Å². The topological polar surface area (TPSA) is 118 Å². The maximum atomic E-state index is 12.0. The largest absolute Gasteiger partial charge is 0.494 e. The maximum Gasteiger partial charge on any atom is 0.264 e. The number of aryl methyl sites for hydroxylation is 1. The average molecular weight is 551 g/mol. The van der Waals surface area contributed by atoms with Crippen LogP contribution in [-0.4, -0.2) is 36.0 Å². The molecule has 0 saturated carbocycles. The first-order chi connectivity index (χ1) is 16.3. The van der Waals surface area contributed by atoms with E-state index in [1.165, 1.54) is 0 Å². The molecule has 2 aromatic carbocycles. The highest BCUT2D eigenvalue weighted by atomic mass is 79.9. The molecule has 2 aromatic rings. The van der Waals surface area contributed by atoms with Gasteiger partial charge in [0, 0.05) is 18.5 Å². The van der Waals surface area contributed by atoms with Gasteiger partial charge in [-0.25, -0.2) is 0 Å². The van der Waals surface area contributed by atoms with E-state index in [0.717, 1.165) is 16.5 Å². The zero-order valence-electron chi connectivity index (χ0n) is 18.9. The number of carbonyl (C=O) groups excluding carboxylic acids is 3. The maximum absolute atomic E-state index is 12.0. The van der Waals surface area contributed by atoms with Crippen LogP contribution in [0.4, 0.5) is 5.69 Å². The van der Waals surface area contributed by atoms with Gasteiger partial charge in [0.15, 0.2) is 11.7 Å². The predicted octanol–water partition coefficient (Wildman–Crippen LogP) is 3.23. The van der Waals surface area contributed by atoms with Crippen molar-refractivity contribution in [2.75, 3.05) is 18.5 Å². The zero-order valence-corrected chi connectivity index (χ0v) is 21.3. The highest BCUT2D eigenvalue weighted by Gasteiger charge is 2.10. The lowest BCUT2D eigenvalue weighted by molar-refractivity contribution is -0.125. The van der Waals surface area contributed by atoms with Crippen molar-refractivity contribution in [3.63, 3.8) is 0 Å². The molecule has 34 heavy (non-hydrogen) atoms. The van der Waals surface area contributed by atoms with Gasteiger partial charge in [-0.2, -0.15) is 0 Å². The zero-order chi connectivity index (χ0) is 24.9. The molecule has 0 unspecified atom stereocenters. The summed E-state index contributed by atoms with van der Waals surface area (Å²) < 4.78 is 11.6. The van der Waals surface area contributed by atoms with Crippen LogP contribution in [0.25, 0.3) is 0 Å². The van der Waals surface area contributed by atoms with E-state index in [1.807, 2.05) is 26.0 Å². The number of carbonyl (C=O) groups is 3. The van der Waals surface area contributed by atoms with Crippen LogP contribution >= 0.6 is 28.1 Å². The molecule has 0 saturated heterocycles. The summed E-state index contributed by atoms with van der Waals surface area (Å²) in [6, 6.07) is 12.5. The Morgan fingerprint density at radius 2 is 1.62 bits per heavy atom. The first kappa shape index (κ1) is 27.1. The van der Waals surface area contributed by atoms with E-state index < -0.39 is 11.8 Å². The van der Waals surface area contributed by atoms with Gasteiger partial charge in [-0.1, -0.05) is 13.0 Å². The number of nitrogens with one attached hydrogen (secondary N) is 4. The number of hydrazine groups is 1. The van der Waals surface area contributed by atoms with Crippen molar-refractivity contribution in [3.8, 4) is 11.5 Å². The summed E-state index contributed by atoms with van der Waals surface area (Å²) in [5.74, 6) is -0.0322. The highest BCUT2D eigenvalue weighted by molar-refractivity contribution is 9.10. The van der Waals surface area contributed by atoms with Gasteiger partial charge in [0.1, 0.15) is 11.5 Å². The summed E-state index contributed by atoms with van der Waals surface area (Å²) in [5.41, 5.74) is 6.49. The Morgan fingerprint density at radius 1 is 0.912 bits per heavy atom. The van der Waals surface area contributed by atoms with Crippen molar-refractivity contribution in [1.82, 2.24) is 16.2 Å². The minimum absolute atomic E-state index is 0.0284. The lowest BCUT2D eigenvalue weighted by atomic mass is 10.2. The van der Waals surface area contributed by atoms with Gasteiger partial charge in [-0.3, -0.25) is 30.6 Å². The Kier molecular flexibility index (Phi) is 11.3. The smallest absolute Gasteiger partial charge is 0.264 e. The third-order valence-electron chi connectivity index (χ3n) is 4.36. The van der Waals surface area contributed by atoms with E-state index >= 15 is 0 Å². The number of ether oxygens (including phenoxy) is 2. The molecule has 0 radical (unpaired) electrons. The molecule has 2 rings (SSSR count). The highest BCUT2D eigenvalue weighted by Crippen LogP contribution is 2.26. The summed E-state index contributed by atoms with van der Waals surface area (Å²) in [6.07, 6.45) is 0.787. The van der Waals surface area contributed by atoms with Crippen molar-refractivity contribution in [2.24, 2.45) is 0 Å². The number of amides is 3. The summed E-state index contributed by atoms with van der Waals surface area (Å²) in [7, 11) is 0. The predicted molar refractivity (Wildman–Crippen MR) is 137 cm³/mol. The molecule has 0 bridgehead atoms. The second-order valence-electron chi connectivity index (χ2n) is 6.96. The van der Waals surface area contributed by atoms with E-state index in [1.54, 1.807) is 30.3 Å². The minimum Gasteiger partial charge on any atom is -0.494 e. The molecule has 4 N–H and O–H groups in total. The van der Waals surface area contributed by atoms with Crippen LogP contribution in [0.5, 0.6) is 11.5 Å². The lowest BCUT2D eigenvalue weighted by Crippen LogP contribution is -2.49. The molecule has 0 fully saturated rings. The molecule has 0 heterocycles. The molecular weight excluding hydrogens is 524 g/mol. The van der Waals surface area contributed by atoms with Crippen molar-refractivity contribution < 1.29 is 23.9 Å². The van der Waals surface area contributed by atoms with Crippen LogP contribution in [0.15, 0.2) is 46.9 Å². The number of anilines is 1. The molecule has 182 valence electrons. The Labute approximate surface area is 212 Å². The Hall–Kier alpha value is -3.18. The summed E-state index contributed by atoms with van der Waals surface area (Å²) >= 11 is 8.38. The third-order valence-corrected chi connectivity index (χ3v) is 5.18. The van der Waals surface area contributed by atoms with Gasteiger partial charge in [-0.05, 0) is 83.5 Å². The normalized spacial score (nSPS) is 10.1. The van der Waals surface area contributed by atoms with Crippen LogP contribution in [0.2, 0.25) is 0 Å². The average Bonchev–Trinajstić information content (AvgIpc) is 2.82. The number of hydrogen-bond acceptors (Lipinski definition) is 6. The van der Waals surface area contributed by atoms with Gasteiger partial charge < -0.3 is 14.8 Å². The van der Waals surface area contributed by atoms with E-state index in [0.29, 0.717) is 23.8 Å². The fourth-order valence-electron chi connectivity index (χ4n) is 2.66. The summed E-state index contributed by atoms with van der Waals surface area (Å²) in [5, 5.41) is 5.00. The van der Waals surface area contributed by atoms with Crippen LogP contribution in [0.3, 0.4) is 0 Å². The van der Waals surface area contributed by atoms with Crippen LogP contribution in [-0.2, 0) is 20.8 Å². The van der Waals surface area contributed by atoms with Gasteiger partial charge in [0.05, 0.1) is 11.1 Å². The third kappa shape index (κ3) is 9.75. The summed E-state index contributed by atoms with van der Waals surface area (Å²) in [4.78, 5) is 36.0. The van der Waals surface area contributed by atoms with E-state index in [4.69, 9.17) is 21.7 Å². The molecule has 9 nitrogen and oxygen atoms in total. The molecule has 0 atom stereocenters. The molecular formula is C23H27BrN4O5S. The molecule has 11 heteroatoms. The van der Waals surface area contributed by atoms with Crippen LogP contribution in [0.1, 0.15) is 32.3 Å². The van der Waals surface area contributed by atoms with E-state index in [9.17, 15) is 14.4 Å². The lowest BCUT2D eigenvalue weighted by Gasteiger charge is -2.12. The quantitative estimate of drug-likeness (QED) is 0.265. The molecule has 0 aliphatic rings. The Bertz CT molecular complexity index is 1020. The van der Waals surface area contributed by atoms with Crippen LogP contribution < -0.4 is 31.0 Å². The fourth-order valence-corrected chi connectivity index (χ4v) is 3.36. The van der Waals surface area contributed by atoms with Crippen molar-refractivity contribution >= 4 is 56.7 Å². The number of benzene rings is 2. The molecule has 0 spiro atoms. The minimum atomic E-state index is -0.493. The Morgan fingerprint density at radius 3 is 2.26 bits per heavy atom. The number of thiocarbonyl (C=S) groups is 1. The number of hydrogen-bond donors (Lipinski definition) is 4. The summed E-state index contributed by atoms with van der Waals surface area (Å²) in [6.45, 7) is 4.23. The first-order valence-electron chi connectivity index (χ1n) is 10.6. The van der Waals surface area contributed by atoms with E-state index in [2.05, 4.69) is 37.4 Å². The molecule has 0 aromatic heterocycles. The van der Waals surface area contributed by atoms with Crippen molar-refractivity contribution in [3.05, 3.63) is 52.5 Å². The SMILES string of the molecule is CCOc1ccc(NC(=O)CCC(=O)NNC(=S)NC(=O)COc2ccc(CC)cc2Br)cc1. The van der Waals surface area contributed by atoms with Crippen molar-refractivity contribution in [2.45, 2.75) is 33.1 Å². The molecule has 0 aliphatic carbocycles. The standard InChI is InChI=1S/C23H27BrN4O5S/c1-3-15-5-10-19(18(24)13-15)33-14-22(31)26-23(34)28-27-21(30)12-11-20(29)25-16-6-8-17(9-7-16)32-4-2/h5-10,13H,3-4,11-12,14H2,1-2H3,(H,25,29)(H,27,30)(H2,26,28,31,34). The molecule has 0 aliphatic heterocycles. The second kappa shape index (κ2) is 14.2. The molecule has 3 amide bonds. The number of rotatable bonds is 10. The van der Waals surface area contributed by atoms with Crippen molar-refractivity contribution in [1.29, 1.82) is 0 Å². The monoisotopic (exact) mass is 550 g/mol. The number of halogens is 1. The van der Waals surface area contributed by atoms with Crippen LogP contribution in [0, 0.1) is 0 Å². The second-order valence-corrected chi connectivity index (χ2v) is 8.23. The van der Waals surface area contributed by atoms with Gasteiger partial charge in [0.25, 0.3) is 5.91 Å². The fraction of sp³-hybridized carbons (Fsp3) is 0.304. The van der Waals surface area contributed by atoms with E-state index in [-0.39, 0.29) is 30.5 Å². The first-order valence-corrected chi connectivity index (χ1v) is 11.8. The van der Waals surface area contributed by atoms with Gasteiger partial charge in [-0.15, -0.1) is 0 Å².